The molecule has 1 aromatic carbocycles. The molecule has 1 heterocycles. The molecule has 1 aromatic heterocycles. The Morgan fingerprint density at radius 1 is 1.40 bits per heavy atom. The number of aryl methyl sites for hydroxylation is 1. The van der Waals surface area contributed by atoms with Gasteiger partial charge in [-0.05, 0) is 24.6 Å². The molecule has 3 nitrogen and oxygen atoms in total. The van der Waals surface area contributed by atoms with Crippen LogP contribution in [0.15, 0.2) is 22.8 Å². The fraction of sp³-hybridized carbons (Fsp3) is 0.100. The summed E-state index contributed by atoms with van der Waals surface area (Å²) in [4.78, 5) is 0. The summed E-state index contributed by atoms with van der Waals surface area (Å²) in [6, 6.07) is 3.16. The number of nitrogens with one attached hydrogen (secondary N) is 1. The van der Waals surface area contributed by atoms with Crippen LogP contribution in [0.25, 0.3) is 11.1 Å². The number of halogens is 2. The molecule has 0 aliphatic carbocycles. The third kappa shape index (κ3) is 1.74. The highest BCUT2D eigenvalue weighted by atomic mass is 79.9. The molecule has 0 unspecified atom stereocenters. The fourth-order valence-corrected chi connectivity index (χ4v) is 1.71. The minimum absolute atomic E-state index is 0.302. The van der Waals surface area contributed by atoms with Crippen molar-refractivity contribution in [2.45, 2.75) is 6.92 Å². The van der Waals surface area contributed by atoms with E-state index in [1.807, 2.05) is 6.92 Å². The van der Waals surface area contributed by atoms with Gasteiger partial charge in [0.05, 0.1) is 6.20 Å². The lowest BCUT2D eigenvalue weighted by atomic mass is 10.1. The quantitative estimate of drug-likeness (QED) is 0.837. The molecule has 0 saturated carbocycles. The summed E-state index contributed by atoms with van der Waals surface area (Å²) in [5, 5.41) is 6.33. The smallest absolute Gasteiger partial charge is 0.131 e. The molecule has 0 aliphatic rings. The van der Waals surface area contributed by atoms with E-state index < -0.39 is 0 Å². The highest BCUT2D eigenvalue weighted by Gasteiger charge is 2.11. The molecule has 0 aliphatic heterocycles. The Morgan fingerprint density at radius 3 is 2.73 bits per heavy atom. The second-order valence-electron chi connectivity index (χ2n) is 3.28. The topological polar surface area (TPSA) is 54.7 Å². The third-order valence-electron chi connectivity index (χ3n) is 2.21. The first-order valence-corrected chi connectivity index (χ1v) is 5.13. The number of aromatic amines is 1. The van der Waals surface area contributed by atoms with Crippen LogP contribution in [-0.4, -0.2) is 10.2 Å². The molecule has 0 amide bonds. The lowest BCUT2D eigenvalue weighted by Crippen LogP contribution is -1.91. The van der Waals surface area contributed by atoms with E-state index in [-0.39, 0.29) is 5.82 Å². The highest BCUT2D eigenvalue weighted by Crippen LogP contribution is 2.30. The fourth-order valence-electron chi connectivity index (χ4n) is 1.36. The molecule has 0 spiro atoms. The van der Waals surface area contributed by atoms with Gasteiger partial charge in [-0.3, -0.25) is 5.10 Å². The van der Waals surface area contributed by atoms with Crippen LogP contribution in [0.3, 0.4) is 0 Å². The number of benzene rings is 1. The number of nitrogens with two attached hydrogens (primary N) is 1. The van der Waals surface area contributed by atoms with E-state index in [9.17, 15) is 4.39 Å². The molecule has 0 bridgehead atoms. The lowest BCUT2D eigenvalue weighted by Gasteiger charge is -2.05. The molecule has 5 heteroatoms. The minimum Gasteiger partial charge on any atom is -0.384 e. The van der Waals surface area contributed by atoms with E-state index in [1.165, 1.54) is 12.3 Å². The first kappa shape index (κ1) is 10.2. The summed E-state index contributed by atoms with van der Waals surface area (Å²) in [6.45, 7) is 1.83. The molecule has 0 saturated heterocycles. The van der Waals surface area contributed by atoms with Gasteiger partial charge in [0.15, 0.2) is 0 Å². The Labute approximate surface area is 94.6 Å². The predicted molar refractivity (Wildman–Crippen MR) is 60.8 cm³/mol. The van der Waals surface area contributed by atoms with Crippen LogP contribution in [0.2, 0.25) is 0 Å². The minimum atomic E-state index is -0.302. The van der Waals surface area contributed by atoms with E-state index in [4.69, 9.17) is 5.73 Å². The summed E-state index contributed by atoms with van der Waals surface area (Å²) in [7, 11) is 0. The van der Waals surface area contributed by atoms with Crippen molar-refractivity contribution in [3.8, 4) is 11.1 Å². The Morgan fingerprint density at radius 2 is 2.13 bits per heavy atom. The lowest BCUT2D eigenvalue weighted by molar-refractivity contribution is 0.630. The Kier molecular flexibility index (Phi) is 2.48. The molecule has 2 rings (SSSR count). The average Bonchev–Trinajstić information content (AvgIpc) is 2.58. The average molecular weight is 270 g/mol. The monoisotopic (exact) mass is 269 g/mol. The number of aromatic nitrogens is 2. The van der Waals surface area contributed by atoms with Gasteiger partial charge in [0.25, 0.3) is 0 Å². The Hall–Kier alpha value is -1.36. The van der Waals surface area contributed by atoms with Crippen molar-refractivity contribution in [2.75, 3.05) is 5.73 Å². The summed E-state index contributed by atoms with van der Waals surface area (Å²) >= 11 is 3.35. The summed E-state index contributed by atoms with van der Waals surface area (Å²) in [5.74, 6) is 0.0634. The normalized spacial score (nSPS) is 10.6. The number of hydrogen-bond acceptors (Lipinski definition) is 2. The second-order valence-corrected chi connectivity index (χ2v) is 4.13. The molecule has 15 heavy (non-hydrogen) atoms. The van der Waals surface area contributed by atoms with Gasteiger partial charge < -0.3 is 5.73 Å². The van der Waals surface area contributed by atoms with Crippen molar-refractivity contribution in [1.82, 2.24) is 10.2 Å². The van der Waals surface area contributed by atoms with E-state index in [0.29, 0.717) is 16.9 Å². The van der Waals surface area contributed by atoms with Gasteiger partial charge in [0.2, 0.25) is 0 Å². The van der Waals surface area contributed by atoms with E-state index in [0.717, 1.165) is 10.0 Å². The number of H-pyrrole nitrogens is 1. The SMILES string of the molecule is Cc1cc(F)c(-c2cn[nH]c2N)cc1Br. The number of anilines is 1. The first-order valence-electron chi connectivity index (χ1n) is 4.34. The molecule has 3 N–H and O–H groups in total. The number of rotatable bonds is 1. The molecule has 0 radical (unpaired) electrons. The molecule has 78 valence electrons. The van der Waals surface area contributed by atoms with Gasteiger partial charge in [0.1, 0.15) is 11.6 Å². The van der Waals surface area contributed by atoms with Gasteiger partial charge in [-0.25, -0.2) is 4.39 Å². The number of hydrogen-bond donors (Lipinski definition) is 2. The van der Waals surface area contributed by atoms with E-state index >= 15 is 0 Å². The first-order chi connectivity index (χ1) is 7.09. The van der Waals surface area contributed by atoms with Crippen molar-refractivity contribution in [1.29, 1.82) is 0 Å². The maximum absolute atomic E-state index is 13.7. The zero-order valence-electron chi connectivity index (χ0n) is 8.01. The van der Waals surface area contributed by atoms with Crippen LogP contribution < -0.4 is 5.73 Å². The van der Waals surface area contributed by atoms with Gasteiger partial charge in [0, 0.05) is 15.6 Å². The van der Waals surface area contributed by atoms with E-state index in [1.54, 1.807) is 6.07 Å². The van der Waals surface area contributed by atoms with Gasteiger partial charge in [-0.15, -0.1) is 0 Å². The Balaban J connectivity index is 2.64. The highest BCUT2D eigenvalue weighted by molar-refractivity contribution is 9.10. The third-order valence-corrected chi connectivity index (χ3v) is 3.06. The number of nitrogen functional groups attached to an aromatic ring is 1. The summed E-state index contributed by atoms with van der Waals surface area (Å²) in [6.07, 6.45) is 1.51. The summed E-state index contributed by atoms with van der Waals surface area (Å²) in [5.41, 5.74) is 7.50. The molecule has 0 atom stereocenters. The van der Waals surface area contributed by atoms with Crippen molar-refractivity contribution < 1.29 is 4.39 Å². The maximum atomic E-state index is 13.7. The van der Waals surface area contributed by atoms with Crippen LogP contribution in [0.4, 0.5) is 10.2 Å². The van der Waals surface area contributed by atoms with Crippen LogP contribution in [-0.2, 0) is 0 Å². The van der Waals surface area contributed by atoms with E-state index in [2.05, 4.69) is 26.1 Å². The van der Waals surface area contributed by atoms with Crippen molar-refractivity contribution in [3.63, 3.8) is 0 Å². The zero-order chi connectivity index (χ0) is 11.0. The van der Waals surface area contributed by atoms with Crippen LogP contribution in [0, 0.1) is 12.7 Å². The Bertz CT molecular complexity index is 507. The maximum Gasteiger partial charge on any atom is 0.131 e. The molecule has 2 aromatic rings. The van der Waals surface area contributed by atoms with Crippen molar-refractivity contribution >= 4 is 21.7 Å². The van der Waals surface area contributed by atoms with Crippen molar-refractivity contribution in [2.24, 2.45) is 0 Å². The van der Waals surface area contributed by atoms with Gasteiger partial charge in [-0.2, -0.15) is 5.10 Å². The summed E-state index contributed by atoms with van der Waals surface area (Å²) < 4.78 is 14.5. The molecular formula is C10H9BrFN3. The van der Waals surface area contributed by atoms with Crippen LogP contribution in [0.1, 0.15) is 5.56 Å². The predicted octanol–water partition coefficient (Wildman–Crippen LogP) is 2.87. The molecule has 0 fully saturated rings. The van der Waals surface area contributed by atoms with Gasteiger partial charge >= 0.3 is 0 Å². The zero-order valence-corrected chi connectivity index (χ0v) is 9.60. The van der Waals surface area contributed by atoms with Crippen molar-refractivity contribution in [3.05, 3.63) is 34.2 Å². The van der Waals surface area contributed by atoms with Crippen LogP contribution >= 0.6 is 15.9 Å². The largest absolute Gasteiger partial charge is 0.384 e. The number of nitrogens with zero attached hydrogens (tertiary/aromatic N) is 1. The second kappa shape index (κ2) is 3.66. The molecular weight excluding hydrogens is 261 g/mol. The standard InChI is InChI=1S/C10H9BrFN3/c1-5-2-9(12)6(3-8(5)11)7-4-14-15-10(7)13/h2-4H,1H3,(H3,13,14,15). The van der Waals surface area contributed by atoms with Crippen LogP contribution in [0.5, 0.6) is 0 Å². The van der Waals surface area contributed by atoms with Gasteiger partial charge in [-0.1, -0.05) is 15.9 Å².